The summed E-state index contributed by atoms with van der Waals surface area (Å²) in [5.74, 6) is 6.11. The number of aromatic nitrogens is 3. The lowest BCUT2D eigenvalue weighted by Crippen LogP contribution is -2.15. The first-order valence-corrected chi connectivity index (χ1v) is 12.2. The van der Waals surface area contributed by atoms with Crippen LogP contribution in [0.25, 0.3) is 32.0 Å². The van der Waals surface area contributed by atoms with E-state index in [2.05, 4.69) is 29.4 Å². The molecule has 3 N–H and O–H groups in total. The maximum Gasteiger partial charge on any atom is 0.234 e. The number of nitrogen functional groups attached to an aromatic ring is 1. The number of thiazole rings is 1. The van der Waals surface area contributed by atoms with Crippen molar-refractivity contribution >= 4 is 44.9 Å². The van der Waals surface area contributed by atoms with E-state index in [-0.39, 0.29) is 11.7 Å². The number of nitrogens with two attached hydrogens (primary N) is 1. The molecular formula is C25H21N5OS2. The van der Waals surface area contributed by atoms with Crippen LogP contribution in [0.1, 0.15) is 5.56 Å². The van der Waals surface area contributed by atoms with Gasteiger partial charge in [0, 0.05) is 16.8 Å². The molecule has 0 fully saturated rings. The van der Waals surface area contributed by atoms with E-state index in [1.807, 2.05) is 60.7 Å². The SMILES string of the molecule is Cc1ccc2nc(-c3ccc(NC(=O)CSc4nc(-c5ccccc5)cn4N)cc3)sc2c1. The Morgan fingerprint density at radius 1 is 1.03 bits per heavy atom. The fourth-order valence-corrected chi connectivity index (χ4v) is 5.18. The summed E-state index contributed by atoms with van der Waals surface area (Å²) in [4.78, 5) is 21.7. The zero-order valence-electron chi connectivity index (χ0n) is 17.9. The first-order valence-electron chi connectivity index (χ1n) is 10.4. The summed E-state index contributed by atoms with van der Waals surface area (Å²) in [6, 6.07) is 23.8. The fraction of sp³-hybridized carbons (Fsp3) is 0.0800. The van der Waals surface area contributed by atoms with Gasteiger partial charge in [-0.15, -0.1) is 11.3 Å². The highest BCUT2D eigenvalue weighted by Gasteiger charge is 2.12. The summed E-state index contributed by atoms with van der Waals surface area (Å²) < 4.78 is 2.63. The van der Waals surface area contributed by atoms with Gasteiger partial charge >= 0.3 is 0 Å². The number of hydrogen-bond donors (Lipinski definition) is 2. The molecule has 5 aromatic rings. The number of thioether (sulfide) groups is 1. The number of carbonyl (C=O) groups excluding carboxylic acids is 1. The van der Waals surface area contributed by atoms with Gasteiger partial charge in [0.05, 0.1) is 27.9 Å². The average Bonchev–Trinajstić information content (AvgIpc) is 3.42. The Morgan fingerprint density at radius 3 is 2.61 bits per heavy atom. The Kier molecular flexibility index (Phi) is 5.85. The molecule has 33 heavy (non-hydrogen) atoms. The molecule has 0 radical (unpaired) electrons. The van der Waals surface area contributed by atoms with Gasteiger partial charge in [-0.25, -0.2) is 14.6 Å². The molecule has 0 atom stereocenters. The van der Waals surface area contributed by atoms with Gasteiger partial charge < -0.3 is 11.2 Å². The van der Waals surface area contributed by atoms with Gasteiger partial charge in [-0.05, 0) is 48.9 Å². The first-order chi connectivity index (χ1) is 16.0. The summed E-state index contributed by atoms with van der Waals surface area (Å²) in [6.45, 7) is 2.08. The van der Waals surface area contributed by atoms with Crippen molar-refractivity contribution in [3.8, 4) is 21.8 Å². The van der Waals surface area contributed by atoms with Crippen molar-refractivity contribution in [2.45, 2.75) is 12.1 Å². The van der Waals surface area contributed by atoms with Gasteiger partial charge in [0.15, 0.2) is 5.16 Å². The molecule has 0 unspecified atom stereocenters. The molecule has 8 heteroatoms. The number of aryl methyl sites for hydroxylation is 1. The third-order valence-electron chi connectivity index (χ3n) is 5.06. The highest BCUT2D eigenvalue weighted by molar-refractivity contribution is 7.99. The molecule has 6 nitrogen and oxygen atoms in total. The number of benzene rings is 3. The van der Waals surface area contributed by atoms with E-state index < -0.39 is 0 Å². The van der Waals surface area contributed by atoms with Gasteiger partial charge in [0.25, 0.3) is 0 Å². The summed E-state index contributed by atoms with van der Waals surface area (Å²) >= 11 is 2.97. The summed E-state index contributed by atoms with van der Waals surface area (Å²) in [6.07, 6.45) is 1.76. The largest absolute Gasteiger partial charge is 0.337 e. The predicted octanol–water partition coefficient (Wildman–Crippen LogP) is 5.58. The molecule has 0 aliphatic carbocycles. The van der Waals surface area contributed by atoms with E-state index in [0.717, 1.165) is 33.0 Å². The van der Waals surface area contributed by atoms with Crippen LogP contribution in [0.3, 0.4) is 0 Å². The number of anilines is 1. The van der Waals surface area contributed by atoms with E-state index in [0.29, 0.717) is 5.16 Å². The molecule has 1 amide bonds. The van der Waals surface area contributed by atoms with E-state index in [4.69, 9.17) is 10.8 Å². The number of nitrogens with one attached hydrogen (secondary N) is 1. The van der Waals surface area contributed by atoms with Crippen molar-refractivity contribution in [1.29, 1.82) is 0 Å². The van der Waals surface area contributed by atoms with Crippen LogP contribution in [0, 0.1) is 6.92 Å². The molecule has 2 aromatic heterocycles. The van der Waals surface area contributed by atoms with Gasteiger partial charge in [-0.1, -0.05) is 48.2 Å². The van der Waals surface area contributed by atoms with Crippen LogP contribution >= 0.6 is 23.1 Å². The standard InChI is InChI=1S/C25H21N5OS2/c1-16-7-12-20-22(13-16)33-24(28-20)18-8-10-19(11-9-18)27-23(31)15-32-25-29-21(14-30(25)26)17-5-3-2-4-6-17/h2-14H,15,26H2,1H3,(H,27,31). The number of hydrogen-bond acceptors (Lipinski definition) is 6. The minimum atomic E-state index is -0.118. The maximum absolute atomic E-state index is 12.5. The van der Waals surface area contributed by atoms with Crippen LogP contribution < -0.4 is 11.2 Å². The van der Waals surface area contributed by atoms with Crippen LogP contribution in [0.5, 0.6) is 0 Å². The first kappa shape index (κ1) is 21.2. The average molecular weight is 472 g/mol. The van der Waals surface area contributed by atoms with E-state index in [9.17, 15) is 4.79 Å². The smallest absolute Gasteiger partial charge is 0.234 e. The highest BCUT2D eigenvalue weighted by atomic mass is 32.2. The second-order valence-corrected chi connectivity index (χ2v) is 9.56. The quantitative estimate of drug-likeness (QED) is 0.249. The van der Waals surface area contributed by atoms with Gasteiger partial charge in [-0.3, -0.25) is 4.79 Å². The molecule has 0 aliphatic rings. The van der Waals surface area contributed by atoms with Crippen LogP contribution in [-0.2, 0) is 4.79 Å². The third kappa shape index (κ3) is 4.76. The zero-order chi connectivity index (χ0) is 22.8. The Balaban J connectivity index is 1.21. The Morgan fingerprint density at radius 2 is 1.82 bits per heavy atom. The number of rotatable bonds is 6. The lowest BCUT2D eigenvalue weighted by atomic mass is 10.2. The van der Waals surface area contributed by atoms with E-state index in [1.165, 1.54) is 26.7 Å². The summed E-state index contributed by atoms with van der Waals surface area (Å²) in [7, 11) is 0. The molecule has 164 valence electrons. The summed E-state index contributed by atoms with van der Waals surface area (Å²) in [5, 5.41) is 4.48. The fourth-order valence-electron chi connectivity index (χ4n) is 3.41. The van der Waals surface area contributed by atoms with E-state index in [1.54, 1.807) is 17.5 Å². The normalized spacial score (nSPS) is 11.1. The zero-order valence-corrected chi connectivity index (χ0v) is 19.5. The van der Waals surface area contributed by atoms with Gasteiger partial charge in [-0.2, -0.15) is 0 Å². The molecule has 0 saturated carbocycles. The second-order valence-electron chi connectivity index (χ2n) is 7.59. The molecular weight excluding hydrogens is 450 g/mol. The van der Waals surface area contributed by atoms with Crippen molar-refractivity contribution in [1.82, 2.24) is 14.6 Å². The minimum Gasteiger partial charge on any atom is -0.337 e. The van der Waals surface area contributed by atoms with Crippen molar-refractivity contribution in [3.63, 3.8) is 0 Å². The highest BCUT2D eigenvalue weighted by Crippen LogP contribution is 2.31. The number of carbonyl (C=O) groups is 1. The van der Waals surface area contributed by atoms with Crippen molar-refractivity contribution in [2.75, 3.05) is 16.9 Å². The van der Waals surface area contributed by atoms with Crippen molar-refractivity contribution < 1.29 is 4.79 Å². The molecule has 0 saturated heterocycles. The Bertz CT molecular complexity index is 1420. The molecule has 0 spiro atoms. The summed E-state index contributed by atoms with van der Waals surface area (Å²) in [5.41, 5.74) is 5.76. The van der Waals surface area contributed by atoms with Crippen molar-refractivity contribution in [2.24, 2.45) is 0 Å². The molecule has 0 bridgehead atoms. The van der Waals surface area contributed by atoms with Crippen molar-refractivity contribution in [3.05, 3.63) is 84.6 Å². The van der Waals surface area contributed by atoms with Crippen LogP contribution in [0.4, 0.5) is 5.69 Å². The topological polar surface area (TPSA) is 85.8 Å². The number of nitrogens with zero attached hydrogens (tertiary/aromatic N) is 3. The molecule has 2 heterocycles. The molecule has 3 aromatic carbocycles. The number of amides is 1. The third-order valence-corrected chi connectivity index (χ3v) is 7.09. The van der Waals surface area contributed by atoms with E-state index >= 15 is 0 Å². The monoisotopic (exact) mass is 471 g/mol. The van der Waals surface area contributed by atoms with Gasteiger partial charge in [0.1, 0.15) is 5.01 Å². The van der Waals surface area contributed by atoms with Crippen LogP contribution in [0.2, 0.25) is 0 Å². The lowest BCUT2D eigenvalue weighted by Gasteiger charge is -2.06. The second kappa shape index (κ2) is 9.09. The number of imidazole rings is 1. The van der Waals surface area contributed by atoms with Crippen LogP contribution in [-0.4, -0.2) is 26.3 Å². The Labute approximate surface area is 199 Å². The maximum atomic E-state index is 12.5. The Hall–Kier alpha value is -3.62. The van der Waals surface area contributed by atoms with Crippen LogP contribution in [0.15, 0.2) is 84.1 Å². The lowest BCUT2D eigenvalue weighted by molar-refractivity contribution is -0.113. The van der Waals surface area contributed by atoms with Gasteiger partial charge in [0.2, 0.25) is 5.91 Å². The number of fused-ring (bicyclic) bond motifs is 1. The molecule has 5 rings (SSSR count). The minimum absolute atomic E-state index is 0.118. The molecule has 0 aliphatic heterocycles. The predicted molar refractivity (Wildman–Crippen MR) is 137 cm³/mol.